The van der Waals surface area contributed by atoms with Crippen LogP contribution in [0, 0.1) is 0 Å². The number of hydrogen-bond donors (Lipinski definition) is 2. The molecule has 0 fully saturated rings. The highest BCUT2D eigenvalue weighted by Crippen LogP contribution is 2.27. The number of imidazole rings is 1. The van der Waals surface area contributed by atoms with E-state index in [1.807, 2.05) is 30.3 Å². The van der Waals surface area contributed by atoms with Crippen LogP contribution in [0.3, 0.4) is 0 Å². The number of aromatic nitrogens is 2. The van der Waals surface area contributed by atoms with Crippen molar-refractivity contribution in [3.05, 3.63) is 48.5 Å². The van der Waals surface area contributed by atoms with Crippen molar-refractivity contribution in [2.24, 2.45) is 0 Å². The van der Waals surface area contributed by atoms with Gasteiger partial charge in [0.25, 0.3) is 0 Å². The maximum atomic E-state index is 4.79. The van der Waals surface area contributed by atoms with Gasteiger partial charge in [0.05, 0.1) is 11.2 Å². The summed E-state index contributed by atoms with van der Waals surface area (Å²) in [5.74, 6) is 0.784. The average Bonchev–Trinajstić information content (AvgIpc) is 2.98. The van der Waals surface area contributed by atoms with Crippen molar-refractivity contribution in [3.63, 3.8) is 0 Å². The van der Waals surface area contributed by atoms with Gasteiger partial charge in [-0.1, -0.05) is 38.1 Å². The molecule has 1 heterocycles. The zero-order chi connectivity index (χ0) is 16.1. The number of H-pyrrole nitrogens is 1. The molecule has 2 N–H and O–H groups in total. The summed E-state index contributed by atoms with van der Waals surface area (Å²) in [5, 5.41) is 3.34. The van der Waals surface area contributed by atoms with Crippen molar-refractivity contribution < 1.29 is 0 Å². The fraction of sp³-hybridized carbons (Fsp3) is 0.316. The summed E-state index contributed by atoms with van der Waals surface area (Å²) >= 11 is 0. The Balaban J connectivity index is 1.94. The first-order valence-electron chi connectivity index (χ1n) is 8.37. The van der Waals surface area contributed by atoms with Crippen LogP contribution >= 0.6 is 0 Å². The van der Waals surface area contributed by atoms with Crippen molar-refractivity contribution in [3.8, 4) is 0 Å². The molecule has 0 atom stereocenters. The summed E-state index contributed by atoms with van der Waals surface area (Å²) in [5.41, 5.74) is 4.35. The van der Waals surface area contributed by atoms with Gasteiger partial charge < -0.3 is 15.2 Å². The Morgan fingerprint density at radius 1 is 0.957 bits per heavy atom. The molecule has 0 radical (unpaired) electrons. The van der Waals surface area contributed by atoms with E-state index in [0.29, 0.717) is 0 Å². The van der Waals surface area contributed by atoms with Crippen LogP contribution in [0.2, 0.25) is 0 Å². The zero-order valence-corrected chi connectivity index (χ0v) is 13.8. The number of benzene rings is 2. The third-order valence-electron chi connectivity index (χ3n) is 3.86. The molecule has 0 bridgehead atoms. The molecule has 0 aliphatic rings. The van der Waals surface area contributed by atoms with Gasteiger partial charge in [-0.3, -0.25) is 0 Å². The highest BCUT2D eigenvalue weighted by molar-refractivity contribution is 5.90. The Labute approximate surface area is 137 Å². The lowest BCUT2D eigenvalue weighted by Gasteiger charge is -2.23. The summed E-state index contributed by atoms with van der Waals surface area (Å²) in [6, 6.07) is 16.5. The third-order valence-corrected chi connectivity index (χ3v) is 3.86. The fourth-order valence-corrected chi connectivity index (χ4v) is 2.88. The van der Waals surface area contributed by atoms with Gasteiger partial charge >= 0.3 is 0 Å². The van der Waals surface area contributed by atoms with Crippen molar-refractivity contribution in [1.82, 2.24) is 9.97 Å². The minimum Gasteiger partial charge on any atom is -0.370 e. The second kappa shape index (κ2) is 7.18. The van der Waals surface area contributed by atoms with Gasteiger partial charge in [0.15, 0.2) is 0 Å². The van der Waals surface area contributed by atoms with E-state index >= 15 is 0 Å². The fourth-order valence-electron chi connectivity index (χ4n) is 2.88. The SMILES string of the molecule is CCCN(CCC)c1cccc2[nH]c(Nc3ccccc3)nc12. The van der Waals surface area contributed by atoms with Gasteiger partial charge in [-0.05, 0) is 37.1 Å². The van der Waals surface area contributed by atoms with Crippen molar-refractivity contribution in [1.29, 1.82) is 0 Å². The molecule has 1 aromatic heterocycles. The van der Waals surface area contributed by atoms with Crippen molar-refractivity contribution in [2.75, 3.05) is 23.3 Å². The molecule has 2 aromatic carbocycles. The van der Waals surface area contributed by atoms with Gasteiger partial charge in [-0.25, -0.2) is 4.98 Å². The van der Waals surface area contributed by atoms with Crippen LogP contribution in [0.15, 0.2) is 48.5 Å². The largest absolute Gasteiger partial charge is 0.370 e. The molecule has 4 heteroatoms. The summed E-state index contributed by atoms with van der Waals surface area (Å²) in [4.78, 5) is 10.6. The molecule has 0 unspecified atom stereocenters. The standard InChI is InChI=1S/C19H24N4/c1-3-13-23(14-4-2)17-12-8-11-16-18(17)22-19(21-16)20-15-9-6-5-7-10-15/h5-12H,3-4,13-14H2,1-2H3,(H2,20,21,22). The summed E-state index contributed by atoms with van der Waals surface area (Å²) in [7, 11) is 0. The maximum absolute atomic E-state index is 4.79. The highest BCUT2D eigenvalue weighted by Gasteiger charge is 2.12. The number of aromatic amines is 1. The molecule has 23 heavy (non-hydrogen) atoms. The molecule has 0 aliphatic heterocycles. The van der Waals surface area contributed by atoms with Gasteiger partial charge in [-0.2, -0.15) is 0 Å². The first-order valence-corrected chi connectivity index (χ1v) is 8.37. The number of hydrogen-bond acceptors (Lipinski definition) is 3. The Morgan fingerprint density at radius 3 is 2.39 bits per heavy atom. The third kappa shape index (κ3) is 3.47. The highest BCUT2D eigenvalue weighted by atomic mass is 15.2. The molecule has 3 rings (SSSR count). The van der Waals surface area contributed by atoms with E-state index in [4.69, 9.17) is 4.98 Å². The van der Waals surface area contributed by atoms with E-state index in [0.717, 1.165) is 48.6 Å². The van der Waals surface area contributed by atoms with Crippen LogP contribution in [-0.4, -0.2) is 23.1 Å². The molecule has 4 nitrogen and oxygen atoms in total. The smallest absolute Gasteiger partial charge is 0.205 e. The van der Waals surface area contributed by atoms with Crippen molar-refractivity contribution in [2.45, 2.75) is 26.7 Å². The Hall–Kier alpha value is -2.49. The van der Waals surface area contributed by atoms with E-state index in [1.54, 1.807) is 0 Å². The Morgan fingerprint density at radius 2 is 1.70 bits per heavy atom. The Kier molecular flexibility index (Phi) is 4.81. The minimum atomic E-state index is 0.784. The topological polar surface area (TPSA) is 44.0 Å². The second-order valence-electron chi connectivity index (χ2n) is 5.74. The number of para-hydroxylation sites is 2. The van der Waals surface area contributed by atoms with E-state index in [9.17, 15) is 0 Å². The summed E-state index contributed by atoms with van der Waals surface area (Å²) < 4.78 is 0. The van der Waals surface area contributed by atoms with Crippen LogP contribution in [0.25, 0.3) is 11.0 Å². The molecule has 0 saturated heterocycles. The zero-order valence-electron chi connectivity index (χ0n) is 13.8. The minimum absolute atomic E-state index is 0.784. The van der Waals surface area contributed by atoms with Crippen LogP contribution in [0.5, 0.6) is 0 Å². The van der Waals surface area contributed by atoms with Gasteiger partial charge in [0.2, 0.25) is 5.95 Å². The van der Waals surface area contributed by atoms with Crippen LogP contribution in [0.1, 0.15) is 26.7 Å². The molecule has 0 aliphatic carbocycles. The van der Waals surface area contributed by atoms with Crippen LogP contribution in [-0.2, 0) is 0 Å². The number of nitrogens with zero attached hydrogens (tertiary/aromatic N) is 2. The van der Waals surface area contributed by atoms with E-state index < -0.39 is 0 Å². The lowest BCUT2D eigenvalue weighted by Crippen LogP contribution is -2.25. The molecule has 0 spiro atoms. The van der Waals surface area contributed by atoms with Crippen LogP contribution in [0.4, 0.5) is 17.3 Å². The molecule has 0 saturated carbocycles. The lowest BCUT2D eigenvalue weighted by atomic mass is 10.2. The number of anilines is 3. The first-order chi connectivity index (χ1) is 11.3. The quantitative estimate of drug-likeness (QED) is 0.650. The maximum Gasteiger partial charge on any atom is 0.205 e. The molecular formula is C19H24N4. The molecule has 0 amide bonds. The van der Waals surface area contributed by atoms with Crippen molar-refractivity contribution >= 4 is 28.4 Å². The van der Waals surface area contributed by atoms with Gasteiger partial charge in [0.1, 0.15) is 5.52 Å². The second-order valence-corrected chi connectivity index (χ2v) is 5.74. The monoisotopic (exact) mass is 308 g/mol. The molecule has 3 aromatic rings. The van der Waals surface area contributed by atoms with E-state index in [-0.39, 0.29) is 0 Å². The normalized spacial score (nSPS) is 10.9. The lowest BCUT2D eigenvalue weighted by molar-refractivity contribution is 0.747. The van der Waals surface area contributed by atoms with Gasteiger partial charge in [0, 0.05) is 18.8 Å². The predicted molar refractivity (Wildman–Crippen MR) is 98.6 cm³/mol. The van der Waals surface area contributed by atoms with E-state index in [1.165, 1.54) is 5.69 Å². The summed E-state index contributed by atoms with van der Waals surface area (Å²) in [6.45, 7) is 6.55. The average molecular weight is 308 g/mol. The number of rotatable bonds is 7. The number of nitrogens with one attached hydrogen (secondary N) is 2. The van der Waals surface area contributed by atoms with Gasteiger partial charge in [-0.15, -0.1) is 0 Å². The predicted octanol–water partition coefficient (Wildman–Crippen LogP) is 4.93. The van der Waals surface area contributed by atoms with Crippen LogP contribution < -0.4 is 10.2 Å². The Bertz CT molecular complexity index is 742. The molecular weight excluding hydrogens is 284 g/mol. The first kappa shape index (κ1) is 15.4. The molecule has 120 valence electrons. The summed E-state index contributed by atoms with van der Waals surface area (Å²) in [6.07, 6.45) is 2.27. The number of fused-ring (bicyclic) bond motifs is 1. The van der Waals surface area contributed by atoms with E-state index in [2.05, 4.69) is 47.2 Å².